The monoisotopic (exact) mass is 204 g/mol. The number of benzene rings is 1. The first kappa shape index (κ1) is 9.71. The summed E-state index contributed by atoms with van der Waals surface area (Å²) < 4.78 is 4.67. The number of ether oxygens (including phenoxy) is 1. The van der Waals surface area contributed by atoms with Crippen LogP contribution in [-0.4, -0.2) is 26.0 Å². The van der Waals surface area contributed by atoms with Gasteiger partial charge in [0, 0.05) is 19.2 Å². The lowest BCUT2D eigenvalue weighted by Gasteiger charge is -2.02. The van der Waals surface area contributed by atoms with Crippen molar-refractivity contribution in [2.45, 2.75) is 6.54 Å². The van der Waals surface area contributed by atoms with E-state index in [-0.39, 0.29) is 5.97 Å². The van der Waals surface area contributed by atoms with Gasteiger partial charge in [-0.1, -0.05) is 6.07 Å². The first-order chi connectivity index (χ1) is 7.26. The summed E-state index contributed by atoms with van der Waals surface area (Å²) in [6.45, 7) is 0.767. The molecular formula is C11H12N2O2. The smallest absolute Gasteiger partial charge is 0.337 e. The van der Waals surface area contributed by atoms with Gasteiger partial charge in [-0.3, -0.25) is 4.99 Å². The number of methoxy groups -OCH3 is 1. The van der Waals surface area contributed by atoms with E-state index in [0.717, 1.165) is 23.5 Å². The molecule has 1 aromatic rings. The molecule has 0 spiro atoms. The molecule has 1 aromatic carbocycles. The normalized spacial score (nSPS) is 16.0. The third kappa shape index (κ3) is 1.58. The quantitative estimate of drug-likeness (QED) is 0.693. The Labute approximate surface area is 88.0 Å². The fourth-order valence-corrected chi connectivity index (χ4v) is 1.67. The van der Waals surface area contributed by atoms with Gasteiger partial charge in [-0.25, -0.2) is 4.79 Å². The lowest BCUT2D eigenvalue weighted by Crippen LogP contribution is -2.14. The average molecular weight is 204 g/mol. The second-order valence-corrected chi connectivity index (χ2v) is 3.29. The molecule has 4 nitrogen and oxygen atoms in total. The van der Waals surface area contributed by atoms with E-state index in [1.807, 2.05) is 12.1 Å². The number of carbonyl (C=O) groups excluding carboxylic acids is 1. The van der Waals surface area contributed by atoms with E-state index in [1.54, 1.807) is 13.1 Å². The van der Waals surface area contributed by atoms with Crippen molar-refractivity contribution in [2.24, 2.45) is 4.99 Å². The van der Waals surface area contributed by atoms with E-state index in [1.165, 1.54) is 7.11 Å². The highest BCUT2D eigenvalue weighted by atomic mass is 16.5. The second-order valence-electron chi connectivity index (χ2n) is 3.29. The summed E-state index contributed by atoms with van der Waals surface area (Å²) in [6.07, 6.45) is 0. The zero-order valence-corrected chi connectivity index (χ0v) is 8.70. The van der Waals surface area contributed by atoms with E-state index >= 15 is 0 Å². The van der Waals surface area contributed by atoms with Crippen molar-refractivity contribution in [1.29, 1.82) is 0 Å². The van der Waals surface area contributed by atoms with Crippen molar-refractivity contribution in [3.8, 4) is 0 Å². The van der Waals surface area contributed by atoms with Crippen molar-refractivity contribution < 1.29 is 9.53 Å². The lowest BCUT2D eigenvalue weighted by molar-refractivity contribution is 0.0600. The molecule has 0 aliphatic carbocycles. The minimum atomic E-state index is -0.319. The van der Waals surface area contributed by atoms with Crippen LogP contribution in [0.4, 0.5) is 0 Å². The van der Waals surface area contributed by atoms with Gasteiger partial charge in [0.25, 0.3) is 0 Å². The molecule has 4 heteroatoms. The molecular weight excluding hydrogens is 192 g/mol. The van der Waals surface area contributed by atoms with Gasteiger partial charge in [-0.15, -0.1) is 0 Å². The summed E-state index contributed by atoms with van der Waals surface area (Å²) in [5, 5.41) is 3.15. The van der Waals surface area contributed by atoms with Crippen LogP contribution in [-0.2, 0) is 11.3 Å². The predicted molar refractivity (Wildman–Crippen MR) is 57.1 cm³/mol. The Hall–Kier alpha value is -1.84. The van der Waals surface area contributed by atoms with Gasteiger partial charge in [0.15, 0.2) is 0 Å². The van der Waals surface area contributed by atoms with E-state index in [9.17, 15) is 4.79 Å². The van der Waals surface area contributed by atoms with Gasteiger partial charge in [0.1, 0.15) is 5.84 Å². The molecule has 2 rings (SSSR count). The van der Waals surface area contributed by atoms with Crippen LogP contribution in [0.15, 0.2) is 23.2 Å². The van der Waals surface area contributed by atoms with Gasteiger partial charge >= 0.3 is 5.97 Å². The minimum Gasteiger partial charge on any atom is -0.465 e. The molecule has 0 amide bonds. The third-order valence-electron chi connectivity index (χ3n) is 2.46. The molecule has 1 N–H and O–H groups in total. The number of esters is 1. The van der Waals surface area contributed by atoms with E-state index < -0.39 is 0 Å². The summed E-state index contributed by atoms with van der Waals surface area (Å²) in [5.41, 5.74) is 2.70. The van der Waals surface area contributed by atoms with Crippen LogP contribution in [0.3, 0.4) is 0 Å². The predicted octanol–water partition coefficient (Wildman–Crippen LogP) is 0.953. The third-order valence-corrected chi connectivity index (χ3v) is 2.46. The molecule has 1 heterocycles. The number of hydrogen-bond acceptors (Lipinski definition) is 3. The first-order valence-corrected chi connectivity index (χ1v) is 4.68. The molecule has 0 radical (unpaired) electrons. The minimum absolute atomic E-state index is 0.319. The highest BCUT2D eigenvalue weighted by molar-refractivity contribution is 6.04. The van der Waals surface area contributed by atoms with Crippen LogP contribution in [0.5, 0.6) is 0 Å². The average Bonchev–Trinajstić information content (AvgIpc) is 2.69. The molecule has 15 heavy (non-hydrogen) atoms. The Morgan fingerprint density at radius 3 is 3.00 bits per heavy atom. The van der Waals surface area contributed by atoms with E-state index in [4.69, 9.17) is 0 Å². The van der Waals surface area contributed by atoms with E-state index in [2.05, 4.69) is 15.0 Å². The maximum absolute atomic E-state index is 11.3. The van der Waals surface area contributed by atoms with Crippen LogP contribution in [0.2, 0.25) is 0 Å². The number of carbonyl (C=O) groups is 1. The largest absolute Gasteiger partial charge is 0.465 e. The maximum atomic E-state index is 11.3. The number of rotatable bonds is 1. The Bertz CT molecular complexity index is 438. The van der Waals surface area contributed by atoms with Gasteiger partial charge in [0.05, 0.1) is 12.7 Å². The van der Waals surface area contributed by atoms with Gasteiger partial charge in [-0.05, 0) is 17.7 Å². The number of amidine groups is 1. The zero-order chi connectivity index (χ0) is 10.8. The van der Waals surface area contributed by atoms with Crippen LogP contribution in [0.25, 0.3) is 0 Å². The van der Waals surface area contributed by atoms with Crippen molar-refractivity contribution in [3.05, 3.63) is 34.9 Å². The summed E-state index contributed by atoms with van der Waals surface area (Å²) in [7, 11) is 3.10. The van der Waals surface area contributed by atoms with Crippen molar-refractivity contribution in [3.63, 3.8) is 0 Å². The maximum Gasteiger partial charge on any atom is 0.337 e. The number of aliphatic imine (C=N–C) groups is 1. The first-order valence-electron chi connectivity index (χ1n) is 4.68. The van der Waals surface area contributed by atoms with Crippen LogP contribution < -0.4 is 5.32 Å². The SMILES string of the molecule is CN=C1NCc2ccc(C(=O)OC)cc21. The van der Waals surface area contributed by atoms with Gasteiger partial charge in [-0.2, -0.15) is 0 Å². The highest BCUT2D eigenvalue weighted by Gasteiger charge is 2.18. The summed E-state index contributed by atoms with van der Waals surface area (Å²) in [5.74, 6) is 0.510. The number of nitrogens with one attached hydrogen (secondary N) is 1. The van der Waals surface area contributed by atoms with Crippen LogP contribution in [0.1, 0.15) is 21.5 Å². The second kappa shape index (κ2) is 3.73. The standard InChI is InChI=1S/C11H12N2O2/c1-12-10-9-5-7(11(14)15-2)3-4-8(9)6-13-10/h3-5H,6H2,1-2H3,(H,12,13). The van der Waals surface area contributed by atoms with Crippen LogP contribution in [0, 0.1) is 0 Å². The molecule has 0 atom stereocenters. The molecule has 0 saturated carbocycles. The molecule has 78 valence electrons. The Morgan fingerprint density at radius 2 is 2.33 bits per heavy atom. The van der Waals surface area contributed by atoms with Gasteiger partial charge in [0.2, 0.25) is 0 Å². The Morgan fingerprint density at radius 1 is 1.53 bits per heavy atom. The molecule has 0 unspecified atom stereocenters. The Balaban J connectivity index is 2.45. The highest BCUT2D eigenvalue weighted by Crippen LogP contribution is 2.18. The summed E-state index contributed by atoms with van der Waals surface area (Å²) in [4.78, 5) is 15.4. The Kier molecular flexibility index (Phi) is 2.41. The molecule has 0 aromatic heterocycles. The summed E-state index contributed by atoms with van der Waals surface area (Å²) in [6, 6.07) is 5.50. The molecule has 1 aliphatic heterocycles. The number of hydrogen-bond donors (Lipinski definition) is 1. The number of nitrogens with zero attached hydrogens (tertiary/aromatic N) is 1. The zero-order valence-electron chi connectivity index (χ0n) is 8.70. The molecule has 0 fully saturated rings. The fraction of sp³-hybridized carbons (Fsp3) is 0.273. The van der Waals surface area contributed by atoms with Crippen molar-refractivity contribution in [2.75, 3.05) is 14.2 Å². The van der Waals surface area contributed by atoms with Crippen molar-refractivity contribution in [1.82, 2.24) is 5.32 Å². The topological polar surface area (TPSA) is 50.7 Å². The van der Waals surface area contributed by atoms with Crippen molar-refractivity contribution >= 4 is 11.8 Å². The fourth-order valence-electron chi connectivity index (χ4n) is 1.67. The molecule has 0 saturated heterocycles. The van der Waals surface area contributed by atoms with E-state index in [0.29, 0.717) is 5.56 Å². The molecule has 0 bridgehead atoms. The summed E-state index contributed by atoms with van der Waals surface area (Å²) >= 11 is 0. The lowest BCUT2D eigenvalue weighted by atomic mass is 10.1. The number of fused-ring (bicyclic) bond motifs is 1. The van der Waals surface area contributed by atoms with Gasteiger partial charge < -0.3 is 10.1 Å². The molecule has 1 aliphatic rings. The van der Waals surface area contributed by atoms with Crippen LogP contribution >= 0.6 is 0 Å².